The van der Waals surface area contributed by atoms with Crippen molar-refractivity contribution < 1.29 is 10.2 Å². The van der Waals surface area contributed by atoms with Crippen LogP contribution in [0, 0.1) is 0 Å². The molecule has 0 atom stereocenters. The minimum atomic E-state index is -0.335. The molecule has 0 bridgehead atoms. The molecule has 0 aliphatic carbocycles. The van der Waals surface area contributed by atoms with Crippen LogP contribution in [-0.2, 0) is 13.1 Å². The number of pyridine rings is 2. The Hall–Kier alpha value is -2.58. The van der Waals surface area contributed by atoms with Crippen molar-refractivity contribution in [2.75, 3.05) is 39.3 Å². The number of nitrogens with zero attached hydrogens (tertiary/aromatic N) is 4. The van der Waals surface area contributed by atoms with Gasteiger partial charge in [-0.2, -0.15) is 0 Å². The van der Waals surface area contributed by atoms with Crippen LogP contribution in [-0.4, -0.2) is 68.4 Å². The fraction of sp³-hybridized carbons (Fsp3) is 0.500. The summed E-state index contributed by atoms with van der Waals surface area (Å²) in [5.41, 5.74) is -0.670. The highest BCUT2D eigenvalue weighted by molar-refractivity contribution is 5.15. The van der Waals surface area contributed by atoms with Gasteiger partial charge in [-0.25, -0.2) is 0 Å². The molecule has 1 aliphatic heterocycles. The van der Waals surface area contributed by atoms with Crippen molar-refractivity contribution in [3.8, 4) is 11.5 Å². The summed E-state index contributed by atoms with van der Waals surface area (Å²) in [6.45, 7) is 7.01. The summed E-state index contributed by atoms with van der Waals surface area (Å²) < 4.78 is 3.10. The first-order chi connectivity index (χ1) is 13.5. The van der Waals surface area contributed by atoms with Gasteiger partial charge in [-0.05, 0) is 50.2 Å². The van der Waals surface area contributed by atoms with Gasteiger partial charge in [0, 0.05) is 51.7 Å². The molecular formula is C20H28N4O4. The van der Waals surface area contributed by atoms with Crippen LogP contribution in [0.1, 0.15) is 12.8 Å². The van der Waals surface area contributed by atoms with Crippen LogP contribution in [0.5, 0.6) is 11.5 Å². The van der Waals surface area contributed by atoms with Crippen LogP contribution in [0.25, 0.3) is 0 Å². The topological polar surface area (TPSA) is 90.9 Å². The third kappa shape index (κ3) is 5.24. The van der Waals surface area contributed by atoms with E-state index in [9.17, 15) is 19.8 Å². The zero-order valence-electron chi connectivity index (χ0n) is 16.0. The standard InChI is InChI=1S/C20H28N4O4/c25-17-5-1-9-23(19(17)27)11-3-7-21-13-15-22(16-14-21)8-4-12-24-10-2-6-18(26)20(24)28/h1-2,5-6,9-10,25-26H,3-4,7-8,11-16H2. The van der Waals surface area contributed by atoms with Gasteiger partial charge in [0.2, 0.25) is 0 Å². The van der Waals surface area contributed by atoms with Crippen LogP contribution in [0.15, 0.2) is 46.2 Å². The van der Waals surface area contributed by atoms with Crippen LogP contribution in [0.3, 0.4) is 0 Å². The van der Waals surface area contributed by atoms with E-state index < -0.39 is 0 Å². The van der Waals surface area contributed by atoms with Crippen molar-refractivity contribution in [2.45, 2.75) is 25.9 Å². The molecule has 2 N–H and O–H groups in total. The lowest BCUT2D eigenvalue weighted by Gasteiger charge is -2.34. The molecule has 0 amide bonds. The Kier molecular flexibility index (Phi) is 6.89. The minimum Gasteiger partial charge on any atom is -0.503 e. The van der Waals surface area contributed by atoms with E-state index in [2.05, 4.69) is 9.80 Å². The first-order valence-electron chi connectivity index (χ1n) is 9.76. The van der Waals surface area contributed by atoms with Crippen molar-refractivity contribution in [3.63, 3.8) is 0 Å². The van der Waals surface area contributed by atoms with E-state index in [0.717, 1.165) is 52.1 Å². The first-order valence-corrected chi connectivity index (χ1v) is 9.76. The Morgan fingerprint density at radius 2 is 1.07 bits per heavy atom. The van der Waals surface area contributed by atoms with Crippen molar-refractivity contribution in [3.05, 3.63) is 57.4 Å². The van der Waals surface area contributed by atoms with Gasteiger partial charge in [-0.15, -0.1) is 0 Å². The van der Waals surface area contributed by atoms with E-state index in [1.54, 1.807) is 33.7 Å². The molecule has 0 radical (unpaired) electrons. The molecule has 8 nitrogen and oxygen atoms in total. The molecule has 2 aromatic rings. The molecule has 1 fully saturated rings. The molecular weight excluding hydrogens is 360 g/mol. The highest BCUT2D eigenvalue weighted by atomic mass is 16.3. The smallest absolute Gasteiger partial charge is 0.292 e. The van der Waals surface area contributed by atoms with Crippen molar-refractivity contribution in [1.82, 2.24) is 18.9 Å². The maximum atomic E-state index is 11.8. The molecule has 8 heteroatoms. The zero-order chi connectivity index (χ0) is 19.9. The van der Waals surface area contributed by atoms with E-state index >= 15 is 0 Å². The molecule has 28 heavy (non-hydrogen) atoms. The number of rotatable bonds is 8. The lowest BCUT2D eigenvalue weighted by atomic mass is 10.2. The maximum absolute atomic E-state index is 11.8. The third-order valence-corrected chi connectivity index (χ3v) is 5.21. The molecule has 3 rings (SSSR count). The van der Waals surface area contributed by atoms with E-state index in [0.29, 0.717) is 13.1 Å². The summed E-state index contributed by atoms with van der Waals surface area (Å²) in [4.78, 5) is 28.4. The summed E-state index contributed by atoms with van der Waals surface area (Å²) in [6.07, 6.45) is 5.14. The quantitative estimate of drug-likeness (QED) is 0.685. The maximum Gasteiger partial charge on any atom is 0.292 e. The molecule has 0 spiro atoms. The van der Waals surface area contributed by atoms with Gasteiger partial charge in [0.05, 0.1) is 0 Å². The van der Waals surface area contributed by atoms with E-state index in [1.165, 1.54) is 12.1 Å². The van der Waals surface area contributed by atoms with Gasteiger partial charge in [0.25, 0.3) is 11.1 Å². The largest absolute Gasteiger partial charge is 0.503 e. The predicted octanol–water partition coefficient (Wildman–Crippen LogP) is 0.519. The lowest BCUT2D eigenvalue weighted by Crippen LogP contribution is -2.47. The molecule has 0 saturated carbocycles. The second kappa shape index (κ2) is 9.57. The highest BCUT2D eigenvalue weighted by Crippen LogP contribution is 2.06. The van der Waals surface area contributed by atoms with Gasteiger partial charge in [0.15, 0.2) is 11.5 Å². The van der Waals surface area contributed by atoms with Crippen molar-refractivity contribution in [2.24, 2.45) is 0 Å². The Bertz CT molecular complexity index is 811. The SMILES string of the molecule is O=c1c(O)cccn1CCCN1CCN(CCCn2cccc(O)c2=O)CC1. The molecule has 3 heterocycles. The van der Waals surface area contributed by atoms with Gasteiger partial charge >= 0.3 is 0 Å². The lowest BCUT2D eigenvalue weighted by molar-refractivity contribution is 0.128. The monoisotopic (exact) mass is 388 g/mol. The van der Waals surface area contributed by atoms with Gasteiger partial charge < -0.3 is 29.1 Å². The molecule has 2 aromatic heterocycles. The number of aromatic hydroxyl groups is 2. The van der Waals surface area contributed by atoms with Crippen LogP contribution in [0.4, 0.5) is 0 Å². The number of hydrogen-bond acceptors (Lipinski definition) is 6. The fourth-order valence-corrected chi connectivity index (χ4v) is 3.57. The second-order valence-electron chi connectivity index (χ2n) is 7.17. The van der Waals surface area contributed by atoms with Gasteiger partial charge in [-0.3, -0.25) is 9.59 Å². The Morgan fingerprint density at radius 1 is 0.679 bits per heavy atom. The van der Waals surface area contributed by atoms with Crippen molar-refractivity contribution in [1.29, 1.82) is 0 Å². The number of piperazine rings is 1. The van der Waals surface area contributed by atoms with Gasteiger partial charge in [-0.1, -0.05) is 0 Å². The zero-order valence-corrected chi connectivity index (χ0v) is 16.0. The molecule has 0 aromatic carbocycles. The normalized spacial score (nSPS) is 15.7. The Balaban J connectivity index is 1.34. The third-order valence-electron chi connectivity index (χ3n) is 5.21. The van der Waals surface area contributed by atoms with E-state index in [1.807, 2.05) is 0 Å². The van der Waals surface area contributed by atoms with E-state index in [-0.39, 0.29) is 22.6 Å². The summed E-state index contributed by atoms with van der Waals surface area (Å²) in [5, 5.41) is 18.9. The second-order valence-corrected chi connectivity index (χ2v) is 7.17. The summed E-state index contributed by atoms with van der Waals surface area (Å²) >= 11 is 0. The average Bonchev–Trinajstić information content (AvgIpc) is 2.70. The summed E-state index contributed by atoms with van der Waals surface area (Å²) in [7, 11) is 0. The van der Waals surface area contributed by atoms with Crippen LogP contribution in [0.2, 0.25) is 0 Å². The van der Waals surface area contributed by atoms with Crippen molar-refractivity contribution >= 4 is 0 Å². The number of hydrogen-bond donors (Lipinski definition) is 2. The molecule has 0 unspecified atom stereocenters. The Morgan fingerprint density at radius 3 is 1.46 bits per heavy atom. The fourth-order valence-electron chi connectivity index (χ4n) is 3.57. The van der Waals surface area contributed by atoms with Crippen LogP contribution >= 0.6 is 0 Å². The molecule has 152 valence electrons. The molecule has 1 aliphatic rings. The average molecular weight is 388 g/mol. The molecule has 1 saturated heterocycles. The summed E-state index contributed by atoms with van der Waals surface area (Å²) in [5.74, 6) is -0.409. The predicted molar refractivity (Wildman–Crippen MR) is 107 cm³/mol. The van der Waals surface area contributed by atoms with Gasteiger partial charge in [0.1, 0.15) is 0 Å². The minimum absolute atomic E-state index is 0.205. The highest BCUT2D eigenvalue weighted by Gasteiger charge is 2.16. The number of aryl methyl sites for hydroxylation is 2. The number of aromatic nitrogens is 2. The first kappa shape index (κ1) is 20.2. The van der Waals surface area contributed by atoms with E-state index in [4.69, 9.17) is 0 Å². The van der Waals surface area contributed by atoms with Crippen LogP contribution < -0.4 is 11.1 Å². The Labute approximate surface area is 163 Å². The summed E-state index contributed by atoms with van der Waals surface area (Å²) in [6, 6.07) is 6.19.